The van der Waals surface area contributed by atoms with Crippen LogP contribution < -0.4 is 10.6 Å². The lowest BCUT2D eigenvalue weighted by atomic mass is 9.84. The molecule has 1 saturated carbocycles. The molecule has 3 heteroatoms. The van der Waals surface area contributed by atoms with Gasteiger partial charge in [0.15, 0.2) is 0 Å². The molecule has 0 radical (unpaired) electrons. The maximum Gasteiger partial charge on any atom is 0.237 e. The first kappa shape index (κ1) is 11.9. The topological polar surface area (TPSA) is 41.1 Å². The summed E-state index contributed by atoms with van der Waals surface area (Å²) in [5.41, 5.74) is 0. The monoisotopic (exact) mass is 224 g/mol. The summed E-state index contributed by atoms with van der Waals surface area (Å²) in [4.78, 5) is 11.9. The lowest BCUT2D eigenvalue weighted by molar-refractivity contribution is -0.123. The standard InChI is InChI=1S/C13H24N2O/c1-2-10-5-3-6-11(9-10)15-13(16)12-7-4-8-14-12/h10-12,14H,2-9H2,1H3,(H,15,16)/t10?,11?,12-/m0/s1. The Bertz CT molecular complexity index is 236. The Morgan fingerprint density at radius 3 is 2.88 bits per heavy atom. The lowest BCUT2D eigenvalue weighted by Crippen LogP contribution is -2.46. The van der Waals surface area contributed by atoms with Crippen molar-refractivity contribution in [3.8, 4) is 0 Å². The first-order valence-electron chi connectivity index (χ1n) is 6.83. The molecule has 0 aromatic rings. The molecule has 1 aliphatic carbocycles. The molecule has 0 bridgehead atoms. The Labute approximate surface area is 98.4 Å². The van der Waals surface area contributed by atoms with Crippen molar-refractivity contribution in [3.05, 3.63) is 0 Å². The molecule has 2 aliphatic rings. The van der Waals surface area contributed by atoms with E-state index in [9.17, 15) is 4.79 Å². The minimum Gasteiger partial charge on any atom is -0.352 e. The second kappa shape index (κ2) is 5.67. The van der Waals surface area contributed by atoms with Crippen molar-refractivity contribution in [2.45, 2.75) is 64.0 Å². The van der Waals surface area contributed by atoms with Gasteiger partial charge >= 0.3 is 0 Å². The van der Waals surface area contributed by atoms with Gasteiger partial charge in [-0.05, 0) is 38.1 Å². The molecule has 16 heavy (non-hydrogen) atoms. The number of hydrogen-bond acceptors (Lipinski definition) is 2. The maximum absolute atomic E-state index is 11.9. The molecule has 2 fully saturated rings. The van der Waals surface area contributed by atoms with Gasteiger partial charge in [0.1, 0.15) is 0 Å². The summed E-state index contributed by atoms with van der Waals surface area (Å²) in [7, 11) is 0. The van der Waals surface area contributed by atoms with Crippen LogP contribution in [0, 0.1) is 5.92 Å². The van der Waals surface area contributed by atoms with Crippen LogP contribution in [0.4, 0.5) is 0 Å². The van der Waals surface area contributed by atoms with Gasteiger partial charge in [0.05, 0.1) is 6.04 Å². The van der Waals surface area contributed by atoms with E-state index in [-0.39, 0.29) is 11.9 Å². The fourth-order valence-electron chi connectivity index (χ4n) is 3.00. The Kier molecular flexibility index (Phi) is 4.22. The fourth-order valence-corrected chi connectivity index (χ4v) is 3.00. The normalized spacial score (nSPS) is 34.9. The largest absolute Gasteiger partial charge is 0.352 e. The smallest absolute Gasteiger partial charge is 0.237 e. The molecule has 2 N–H and O–H groups in total. The summed E-state index contributed by atoms with van der Waals surface area (Å²) in [5.74, 6) is 1.06. The molecular weight excluding hydrogens is 200 g/mol. The van der Waals surface area contributed by atoms with Crippen LogP contribution in [0.25, 0.3) is 0 Å². The van der Waals surface area contributed by atoms with Crippen LogP contribution in [0.5, 0.6) is 0 Å². The predicted molar refractivity (Wildman–Crippen MR) is 65.2 cm³/mol. The quantitative estimate of drug-likeness (QED) is 0.768. The summed E-state index contributed by atoms with van der Waals surface area (Å²) in [6.07, 6.45) is 8.40. The molecule has 1 aliphatic heterocycles. The van der Waals surface area contributed by atoms with Crippen molar-refractivity contribution in [2.75, 3.05) is 6.54 Å². The molecule has 3 nitrogen and oxygen atoms in total. The third kappa shape index (κ3) is 2.97. The number of carbonyl (C=O) groups is 1. The number of carbonyl (C=O) groups excluding carboxylic acids is 1. The maximum atomic E-state index is 11.9. The Morgan fingerprint density at radius 1 is 1.31 bits per heavy atom. The number of rotatable bonds is 3. The predicted octanol–water partition coefficient (Wildman–Crippen LogP) is 1.82. The molecule has 1 amide bonds. The van der Waals surface area contributed by atoms with Crippen molar-refractivity contribution < 1.29 is 4.79 Å². The fraction of sp³-hybridized carbons (Fsp3) is 0.923. The van der Waals surface area contributed by atoms with E-state index in [1.807, 2.05) is 0 Å². The van der Waals surface area contributed by atoms with Crippen LogP contribution in [0.3, 0.4) is 0 Å². The average molecular weight is 224 g/mol. The highest BCUT2D eigenvalue weighted by atomic mass is 16.2. The molecule has 1 saturated heterocycles. The van der Waals surface area contributed by atoms with E-state index in [0.717, 1.165) is 25.3 Å². The lowest BCUT2D eigenvalue weighted by Gasteiger charge is -2.29. The van der Waals surface area contributed by atoms with E-state index in [0.29, 0.717) is 6.04 Å². The van der Waals surface area contributed by atoms with Crippen LogP contribution >= 0.6 is 0 Å². The molecule has 2 unspecified atom stereocenters. The number of nitrogens with one attached hydrogen (secondary N) is 2. The van der Waals surface area contributed by atoms with Gasteiger partial charge in [-0.15, -0.1) is 0 Å². The zero-order valence-electron chi connectivity index (χ0n) is 10.3. The van der Waals surface area contributed by atoms with Gasteiger partial charge in [-0.2, -0.15) is 0 Å². The first-order chi connectivity index (χ1) is 7.79. The zero-order chi connectivity index (χ0) is 11.4. The Morgan fingerprint density at radius 2 is 2.19 bits per heavy atom. The van der Waals surface area contributed by atoms with Gasteiger partial charge in [-0.1, -0.05) is 26.2 Å². The number of hydrogen-bond donors (Lipinski definition) is 2. The van der Waals surface area contributed by atoms with E-state index in [1.54, 1.807) is 0 Å². The summed E-state index contributed by atoms with van der Waals surface area (Å²) >= 11 is 0. The van der Waals surface area contributed by atoms with Gasteiger partial charge < -0.3 is 10.6 Å². The summed E-state index contributed by atoms with van der Waals surface area (Å²) < 4.78 is 0. The summed E-state index contributed by atoms with van der Waals surface area (Å²) in [6, 6.07) is 0.524. The zero-order valence-corrected chi connectivity index (χ0v) is 10.3. The molecule has 92 valence electrons. The van der Waals surface area contributed by atoms with Crippen LogP contribution in [0.15, 0.2) is 0 Å². The molecule has 0 aromatic carbocycles. The molecule has 2 rings (SSSR count). The van der Waals surface area contributed by atoms with E-state index < -0.39 is 0 Å². The van der Waals surface area contributed by atoms with Crippen LogP contribution in [0.2, 0.25) is 0 Å². The van der Waals surface area contributed by atoms with Crippen molar-refractivity contribution in [3.63, 3.8) is 0 Å². The molecule has 3 atom stereocenters. The van der Waals surface area contributed by atoms with Gasteiger partial charge in [-0.3, -0.25) is 4.79 Å². The minimum atomic E-state index is 0.0852. The number of amides is 1. The molecule has 0 spiro atoms. The second-order valence-corrected chi connectivity index (χ2v) is 5.30. The van der Waals surface area contributed by atoms with E-state index in [1.165, 1.54) is 32.1 Å². The molecule has 1 heterocycles. The van der Waals surface area contributed by atoms with Crippen molar-refractivity contribution in [2.24, 2.45) is 5.92 Å². The average Bonchev–Trinajstić information content (AvgIpc) is 2.83. The van der Waals surface area contributed by atoms with Gasteiger partial charge in [0, 0.05) is 6.04 Å². The third-order valence-corrected chi connectivity index (χ3v) is 4.08. The minimum absolute atomic E-state index is 0.0852. The summed E-state index contributed by atoms with van der Waals surface area (Å²) in [6.45, 7) is 3.26. The van der Waals surface area contributed by atoms with Crippen LogP contribution in [-0.4, -0.2) is 24.5 Å². The third-order valence-electron chi connectivity index (χ3n) is 4.08. The SMILES string of the molecule is CCC1CCCC(NC(=O)[C@@H]2CCCN2)C1. The van der Waals surface area contributed by atoms with Crippen molar-refractivity contribution in [1.29, 1.82) is 0 Å². The van der Waals surface area contributed by atoms with E-state index >= 15 is 0 Å². The van der Waals surface area contributed by atoms with Crippen LogP contribution in [-0.2, 0) is 4.79 Å². The first-order valence-corrected chi connectivity index (χ1v) is 6.83. The van der Waals surface area contributed by atoms with E-state index in [2.05, 4.69) is 17.6 Å². The van der Waals surface area contributed by atoms with Gasteiger partial charge in [0.2, 0.25) is 5.91 Å². The highest BCUT2D eigenvalue weighted by Crippen LogP contribution is 2.26. The van der Waals surface area contributed by atoms with Crippen molar-refractivity contribution in [1.82, 2.24) is 10.6 Å². The summed E-state index contributed by atoms with van der Waals surface area (Å²) in [5, 5.41) is 6.48. The van der Waals surface area contributed by atoms with Crippen LogP contribution in [0.1, 0.15) is 51.9 Å². The highest BCUT2D eigenvalue weighted by molar-refractivity contribution is 5.82. The van der Waals surface area contributed by atoms with Crippen molar-refractivity contribution >= 4 is 5.91 Å². The highest BCUT2D eigenvalue weighted by Gasteiger charge is 2.26. The Hall–Kier alpha value is -0.570. The Balaban J connectivity index is 1.77. The van der Waals surface area contributed by atoms with Gasteiger partial charge in [0.25, 0.3) is 0 Å². The molecular formula is C13H24N2O. The molecule has 0 aromatic heterocycles. The van der Waals surface area contributed by atoms with E-state index in [4.69, 9.17) is 0 Å². The van der Waals surface area contributed by atoms with Gasteiger partial charge in [-0.25, -0.2) is 0 Å². The second-order valence-electron chi connectivity index (χ2n) is 5.30.